The molecule has 0 bridgehead atoms. The van der Waals surface area contributed by atoms with Gasteiger partial charge in [-0.3, -0.25) is 9.59 Å². The van der Waals surface area contributed by atoms with Gasteiger partial charge >= 0.3 is 0 Å². The molecule has 7 nitrogen and oxygen atoms in total. The summed E-state index contributed by atoms with van der Waals surface area (Å²) in [6, 6.07) is 9.49. The topological polar surface area (TPSA) is 85.1 Å². The SMILES string of the molecule is Cc1nc2ccc(CC(=O)N3CCCN(C(=O)c4ccc[nH]4)CC3)cc2[nH]1. The lowest BCUT2D eigenvalue weighted by Crippen LogP contribution is -2.38. The molecule has 1 aliphatic heterocycles. The zero-order chi connectivity index (χ0) is 18.8. The van der Waals surface area contributed by atoms with Gasteiger partial charge in [-0.25, -0.2) is 4.98 Å². The van der Waals surface area contributed by atoms with Gasteiger partial charge in [0, 0.05) is 32.4 Å². The van der Waals surface area contributed by atoms with Crippen molar-refractivity contribution in [1.82, 2.24) is 24.8 Å². The first-order valence-electron chi connectivity index (χ1n) is 9.26. The summed E-state index contributed by atoms with van der Waals surface area (Å²) in [4.78, 5) is 39.5. The largest absolute Gasteiger partial charge is 0.357 e. The Balaban J connectivity index is 1.39. The van der Waals surface area contributed by atoms with Crippen LogP contribution in [0.5, 0.6) is 0 Å². The molecule has 1 aliphatic rings. The van der Waals surface area contributed by atoms with Crippen LogP contribution in [0.2, 0.25) is 0 Å². The number of carbonyl (C=O) groups excluding carboxylic acids is 2. The van der Waals surface area contributed by atoms with E-state index in [1.165, 1.54) is 0 Å². The van der Waals surface area contributed by atoms with E-state index in [0.717, 1.165) is 28.8 Å². The van der Waals surface area contributed by atoms with E-state index in [1.807, 2.05) is 41.0 Å². The zero-order valence-electron chi connectivity index (χ0n) is 15.4. The first-order chi connectivity index (χ1) is 13.1. The molecule has 0 spiro atoms. The number of rotatable bonds is 3. The third kappa shape index (κ3) is 3.72. The number of benzene rings is 1. The van der Waals surface area contributed by atoms with Crippen molar-refractivity contribution in [3.8, 4) is 0 Å². The molecule has 4 rings (SSSR count). The normalized spacial score (nSPS) is 15.1. The van der Waals surface area contributed by atoms with Crippen molar-refractivity contribution in [2.75, 3.05) is 26.2 Å². The molecule has 2 N–H and O–H groups in total. The molecule has 7 heteroatoms. The summed E-state index contributed by atoms with van der Waals surface area (Å²) < 4.78 is 0. The van der Waals surface area contributed by atoms with Gasteiger partial charge in [-0.15, -0.1) is 0 Å². The van der Waals surface area contributed by atoms with Gasteiger partial charge in [0.15, 0.2) is 0 Å². The molecular weight excluding hydrogens is 342 g/mol. The number of nitrogens with zero attached hydrogens (tertiary/aromatic N) is 3. The van der Waals surface area contributed by atoms with E-state index in [4.69, 9.17) is 0 Å². The molecule has 1 aromatic carbocycles. The van der Waals surface area contributed by atoms with Crippen LogP contribution >= 0.6 is 0 Å². The lowest BCUT2D eigenvalue weighted by molar-refractivity contribution is -0.130. The quantitative estimate of drug-likeness (QED) is 0.745. The smallest absolute Gasteiger partial charge is 0.270 e. The number of imidazole rings is 1. The van der Waals surface area contributed by atoms with Crippen molar-refractivity contribution >= 4 is 22.8 Å². The molecule has 2 aromatic heterocycles. The fourth-order valence-electron chi connectivity index (χ4n) is 3.58. The molecule has 0 radical (unpaired) electrons. The summed E-state index contributed by atoms with van der Waals surface area (Å²) in [5.74, 6) is 0.960. The number of carbonyl (C=O) groups is 2. The number of aromatic nitrogens is 3. The molecule has 3 heterocycles. The van der Waals surface area contributed by atoms with Crippen molar-refractivity contribution in [1.29, 1.82) is 0 Å². The second-order valence-electron chi connectivity index (χ2n) is 6.96. The fourth-order valence-corrected chi connectivity index (χ4v) is 3.58. The van der Waals surface area contributed by atoms with Crippen LogP contribution in [0.25, 0.3) is 11.0 Å². The summed E-state index contributed by atoms with van der Waals surface area (Å²) in [6.45, 7) is 4.39. The molecule has 0 atom stereocenters. The first kappa shape index (κ1) is 17.3. The highest BCUT2D eigenvalue weighted by atomic mass is 16.2. The van der Waals surface area contributed by atoms with Crippen LogP contribution in [0.4, 0.5) is 0 Å². The maximum absolute atomic E-state index is 12.8. The predicted molar refractivity (Wildman–Crippen MR) is 102 cm³/mol. The Labute approximate surface area is 157 Å². The predicted octanol–water partition coefficient (Wildman–Crippen LogP) is 2.12. The maximum atomic E-state index is 12.8. The van der Waals surface area contributed by atoms with Gasteiger partial charge in [-0.2, -0.15) is 0 Å². The Morgan fingerprint density at radius 2 is 1.93 bits per heavy atom. The van der Waals surface area contributed by atoms with Crippen LogP contribution in [-0.4, -0.2) is 62.7 Å². The minimum Gasteiger partial charge on any atom is -0.357 e. The van der Waals surface area contributed by atoms with Crippen LogP contribution < -0.4 is 0 Å². The average Bonchev–Trinajstić information content (AvgIpc) is 3.23. The molecule has 0 aliphatic carbocycles. The van der Waals surface area contributed by atoms with Crippen molar-refractivity contribution in [3.05, 3.63) is 53.6 Å². The maximum Gasteiger partial charge on any atom is 0.270 e. The lowest BCUT2D eigenvalue weighted by atomic mass is 10.1. The summed E-state index contributed by atoms with van der Waals surface area (Å²) in [7, 11) is 0. The van der Waals surface area contributed by atoms with E-state index < -0.39 is 0 Å². The molecule has 27 heavy (non-hydrogen) atoms. The number of amides is 2. The minimum atomic E-state index is -0.00522. The number of hydrogen-bond acceptors (Lipinski definition) is 3. The van der Waals surface area contributed by atoms with Crippen LogP contribution in [0.1, 0.15) is 28.3 Å². The highest BCUT2D eigenvalue weighted by molar-refractivity contribution is 5.92. The van der Waals surface area contributed by atoms with Gasteiger partial charge in [0.1, 0.15) is 11.5 Å². The highest BCUT2D eigenvalue weighted by Crippen LogP contribution is 2.15. The van der Waals surface area contributed by atoms with Gasteiger partial charge in [0.05, 0.1) is 17.5 Å². The van der Waals surface area contributed by atoms with Crippen molar-refractivity contribution in [2.24, 2.45) is 0 Å². The van der Waals surface area contributed by atoms with Gasteiger partial charge in [-0.05, 0) is 43.2 Å². The highest BCUT2D eigenvalue weighted by Gasteiger charge is 2.23. The number of hydrogen-bond donors (Lipinski definition) is 2. The summed E-state index contributed by atoms with van der Waals surface area (Å²) in [6.07, 6.45) is 2.90. The zero-order valence-corrected chi connectivity index (χ0v) is 15.4. The van der Waals surface area contributed by atoms with Gasteiger partial charge in [-0.1, -0.05) is 6.07 Å². The summed E-state index contributed by atoms with van der Waals surface area (Å²) >= 11 is 0. The van der Waals surface area contributed by atoms with E-state index in [9.17, 15) is 9.59 Å². The number of nitrogens with one attached hydrogen (secondary N) is 2. The molecule has 2 amide bonds. The Bertz CT molecular complexity index is 960. The van der Waals surface area contributed by atoms with Crippen molar-refractivity contribution in [3.63, 3.8) is 0 Å². The Morgan fingerprint density at radius 1 is 1.11 bits per heavy atom. The monoisotopic (exact) mass is 365 g/mol. The molecule has 1 saturated heterocycles. The minimum absolute atomic E-state index is 0.00522. The van der Waals surface area contributed by atoms with E-state index in [0.29, 0.717) is 38.3 Å². The fraction of sp³-hybridized carbons (Fsp3) is 0.350. The van der Waals surface area contributed by atoms with Crippen molar-refractivity contribution < 1.29 is 9.59 Å². The third-order valence-corrected chi connectivity index (χ3v) is 4.98. The number of aryl methyl sites for hydroxylation is 1. The van der Waals surface area contributed by atoms with Gasteiger partial charge in [0.25, 0.3) is 5.91 Å². The van der Waals surface area contributed by atoms with Crippen LogP contribution in [0, 0.1) is 6.92 Å². The van der Waals surface area contributed by atoms with Gasteiger partial charge < -0.3 is 19.8 Å². The molecular formula is C20H23N5O2. The Morgan fingerprint density at radius 3 is 2.74 bits per heavy atom. The van der Waals surface area contributed by atoms with Crippen LogP contribution in [0.3, 0.4) is 0 Å². The van der Waals surface area contributed by atoms with E-state index in [2.05, 4.69) is 15.0 Å². The summed E-state index contributed by atoms with van der Waals surface area (Å²) in [5, 5.41) is 0. The van der Waals surface area contributed by atoms with E-state index in [-0.39, 0.29) is 11.8 Å². The average molecular weight is 365 g/mol. The molecule has 1 fully saturated rings. The second kappa shape index (κ2) is 7.26. The van der Waals surface area contributed by atoms with Gasteiger partial charge in [0.2, 0.25) is 5.91 Å². The first-order valence-corrected chi connectivity index (χ1v) is 9.26. The Hall–Kier alpha value is -3.09. The van der Waals surface area contributed by atoms with Crippen LogP contribution in [0.15, 0.2) is 36.5 Å². The molecule has 0 unspecified atom stereocenters. The van der Waals surface area contributed by atoms with Crippen molar-refractivity contribution in [2.45, 2.75) is 19.8 Å². The number of fused-ring (bicyclic) bond motifs is 1. The number of H-pyrrole nitrogens is 2. The standard InChI is InChI=1S/C20H23N5O2/c1-14-22-16-6-5-15(12-18(16)23-14)13-19(26)24-8-3-9-25(11-10-24)20(27)17-4-2-7-21-17/h2,4-7,12,21H,3,8-11,13H2,1H3,(H,22,23). The van der Waals surface area contributed by atoms with Crippen LogP contribution in [-0.2, 0) is 11.2 Å². The number of aromatic amines is 2. The third-order valence-electron chi connectivity index (χ3n) is 4.98. The van der Waals surface area contributed by atoms with E-state index in [1.54, 1.807) is 12.3 Å². The second-order valence-corrected chi connectivity index (χ2v) is 6.96. The lowest BCUT2D eigenvalue weighted by Gasteiger charge is -2.22. The summed E-state index contributed by atoms with van der Waals surface area (Å²) in [5.41, 5.74) is 3.44. The Kier molecular flexibility index (Phi) is 4.66. The molecule has 140 valence electrons. The van der Waals surface area contributed by atoms with E-state index >= 15 is 0 Å². The molecule has 3 aromatic rings. The molecule has 0 saturated carbocycles.